The van der Waals surface area contributed by atoms with Crippen molar-refractivity contribution in [2.24, 2.45) is 10.9 Å². The molecule has 0 unspecified atom stereocenters. The molecule has 0 spiro atoms. The second-order valence-corrected chi connectivity index (χ2v) is 3.96. The van der Waals surface area contributed by atoms with Crippen molar-refractivity contribution in [2.45, 2.75) is 0 Å². The number of aromatic nitrogens is 1. The fraction of sp³-hybridized carbons (Fsp3) is 0. The summed E-state index contributed by atoms with van der Waals surface area (Å²) in [5.41, 5.74) is 5.06. The van der Waals surface area contributed by atoms with Crippen LogP contribution < -0.4 is 11.1 Å². The summed E-state index contributed by atoms with van der Waals surface area (Å²) < 4.78 is 26.4. The molecule has 0 saturated heterocycles. The van der Waals surface area contributed by atoms with Crippen LogP contribution in [0, 0.1) is 11.6 Å². The first-order valence-electron chi connectivity index (χ1n) is 5.72. The number of pyridine rings is 1. The fourth-order valence-corrected chi connectivity index (χ4v) is 1.64. The van der Waals surface area contributed by atoms with Crippen LogP contribution in [0.25, 0.3) is 0 Å². The highest BCUT2D eigenvalue weighted by Crippen LogP contribution is 2.19. The molecule has 1 amide bonds. The third-order valence-corrected chi connectivity index (χ3v) is 2.59. The largest absolute Gasteiger partial charge is 0.409 e. The molecule has 2 rings (SSSR count). The highest BCUT2D eigenvalue weighted by Gasteiger charge is 2.16. The van der Waals surface area contributed by atoms with Gasteiger partial charge in [-0.05, 0) is 24.3 Å². The Morgan fingerprint density at radius 3 is 2.67 bits per heavy atom. The predicted molar refractivity (Wildman–Crippen MR) is 71.1 cm³/mol. The average molecular weight is 292 g/mol. The predicted octanol–water partition coefficient (Wildman–Crippen LogP) is 1.71. The van der Waals surface area contributed by atoms with Gasteiger partial charge in [0.15, 0.2) is 5.84 Å². The molecule has 0 aliphatic carbocycles. The van der Waals surface area contributed by atoms with Crippen molar-refractivity contribution in [1.29, 1.82) is 0 Å². The number of carbonyl (C=O) groups is 1. The lowest BCUT2D eigenvalue weighted by Crippen LogP contribution is -2.21. The van der Waals surface area contributed by atoms with Gasteiger partial charge in [0.2, 0.25) is 0 Å². The van der Waals surface area contributed by atoms with E-state index in [1.165, 1.54) is 18.2 Å². The van der Waals surface area contributed by atoms with Crippen molar-refractivity contribution in [3.8, 4) is 0 Å². The first-order valence-corrected chi connectivity index (χ1v) is 5.72. The van der Waals surface area contributed by atoms with E-state index < -0.39 is 23.4 Å². The molecule has 6 nitrogen and oxygen atoms in total. The number of halogens is 2. The Bertz CT molecular complexity index is 702. The number of nitrogens with zero attached hydrogens (tertiary/aromatic N) is 2. The quantitative estimate of drug-likeness (QED) is 0.347. The second kappa shape index (κ2) is 5.95. The number of amides is 1. The molecule has 0 aliphatic heterocycles. The van der Waals surface area contributed by atoms with E-state index in [4.69, 9.17) is 10.9 Å². The second-order valence-electron chi connectivity index (χ2n) is 3.96. The highest BCUT2D eigenvalue weighted by molar-refractivity contribution is 6.09. The molecular formula is C13H10F2N4O2. The number of hydrogen-bond donors (Lipinski definition) is 3. The normalized spacial score (nSPS) is 11.2. The summed E-state index contributed by atoms with van der Waals surface area (Å²) >= 11 is 0. The summed E-state index contributed by atoms with van der Waals surface area (Å²) in [4.78, 5) is 15.5. The van der Waals surface area contributed by atoms with Gasteiger partial charge in [-0.25, -0.2) is 13.8 Å². The van der Waals surface area contributed by atoms with E-state index in [-0.39, 0.29) is 16.9 Å². The molecule has 108 valence electrons. The number of amidine groups is 1. The van der Waals surface area contributed by atoms with Gasteiger partial charge in [-0.15, -0.1) is 0 Å². The Kier molecular flexibility index (Phi) is 4.07. The maximum absolute atomic E-state index is 13.7. The molecule has 0 atom stereocenters. The maximum Gasteiger partial charge on any atom is 0.274 e. The van der Waals surface area contributed by atoms with Crippen molar-refractivity contribution < 1.29 is 18.8 Å². The first kappa shape index (κ1) is 14.4. The lowest BCUT2D eigenvalue weighted by molar-refractivity contribution is 0.102. The molecule has 4 N–H and O–H groups in total. The van der Waals surface area contributed by atoms with E-state index in [1.807, 2.05) is 0 Å². The maximum atomic E-state index is 13.7. The van der Waals surface area contributed by atoms with Crippen LogP contribution in [0.5, 0.6) is 0 Å². The minimum absolute atomic E-state index is 0.00132. The van der Waals surface area contributed by atoms with Crippen LogP contribution >= 0.6 is 0 Å². The summed E-state index contributed by atoms with van der Waals surface area (Å²) in [6, 6.07) is 6.05. The van der Waals surface area contributed by atoms with Gasteiger partial charge in [0.25, 0.3) is 5.91 Å². The Hall–Kier alpha value is -3.03. The van der Waals surface area contributed by atoms with Gasteiger partial charge in [-0.3, -0.25) is 4.79 Å². The number of benzene rings is 1. The number of nitrogens with two attached hydrogens (primary N) is 1. The lowest BCUT2D eigenvalue weighted by Gasteiger charge is -2.10. The molecule has 1 aromatic heterocycles. The fourth-order valence-electron chi connectivity index (χ4n) is 1.64. The van der Waals surface area contributed by atoms with E-state index in [0.717, 1.165) is 18.3 Å². The molecule has 0 fully saturated rings. The molecule has 8 heteroatoms. The van der Waals surface area contributed by atoms with Crippen molar-refractivity contribution >= 4 is 17.4 Å². The smallest absolute Gasteiger partial charge is 0.274 e. The summed E-state index contributed by atoms with van der Waals surface area (Å²) in [6.07, 6.45) is 0.880. The Labute approximate surface area is 117 Å². The van der Waals surface area contributed by atoms with Crippen LogP contribution in [0.3, 0.4) is 0 Å². The van der Waals surface area contributed by atoms with Gasteiger partial charge >= 0.3 is 0 Å². The van der Waals surface area contributed by atoms with Gasteiger partial charge in [0.05, 0.1) is 17.4 Å². The third-order valence-electron chi connectivity index (χ3n) is 2.59. The van der Waals surface area contributed by atoms with Gasteiger partial charge in [0, 0.05) is 0 Å². The average Bonchev–Trinajstić information content (AvgIpc) is 2.47. The van der Waals surface area contributed by atoms with E-state index in [2.05, 4.69) is 15.5 Å². The Balaban J connectivity index is 2.33. The van der Waals surface area contributed by atoms with Crippen LogP contribution in [0.2, 0.25) is 0 Å². The summed E-state index contributed by atoms with van der Waals surface area (Å²) in [6.45, 7) is 0. The summed E-state index contributed by atoms with van der Waals surface area (Å²) in [5, 5.41) is 13.7. The summed E-state index contributed by atoms with van der Waals surface area (Å²) in [7, 11) is 0. The van der Waals surface area contributed by atoms with Gasteiger partial charge < -0.3 is 16.3 Å². The number of rotatable bonds is 3. The highest BCUT2D eigenvalue weighted by atomic mass is 19.1. The van der Waals surface area contributed by atoms with Crippen LogP contribution in [0.4, 0.5) is 14.5 Å². The van der Waals surface area contributed by atoms with Gasteiger partial charge in [-0.2, -0.15) is 0 Å². The SMILES string of the molecule is N/C(=N/O)c1c(F)cccc1NC(=O)c1ccc(F)cn1. The zero-order valence-corrected chi connectivity index (χ0v) is 10.5. The monoisotopic (exact) mass is 292 g/mol. The number of oxime groups is 1. The van der Waals surface area contributed by atoms with Crippen LogP contribution in [-0.2, 0) is 0 Å². The molecule has 1 heterocycles. The minimum atomic E-state index is -0.768. The summed E-state index contributed by atoms with van der Waals surface area (Å²) in [5.74, 6) is -2.53. The lowest BCUT2D eigenvalue weighted by atomic mass is 10.1. The molecular weight excluding hydrogens is 282 g/mol. The molecule has 2 aromatic rings. The van der Waals surface area contributed by atoms with Crippen molar-refractivity contribution in [3.63, 3.8) is 0 Å². The molecule has 0 saturated carbocycles. The van der Waals surface area contributed by atoms with Crippen LogP contribution in [0.1, 0.15) is 16.1 Å². The Morgan fingerprint density at radius 2 is 2.05 bits per heavy atom. The standard InChI is InChI=1S/C13H10F2N4O2/c14-7-4-5-10(17-6-7)13(20)18-9-3-1-2-8(15)11(9)12(16)19-21/h1-6,21H,(H2,16,19)(H,18,20). The van der Waals surface area contributed by atoms with Gasteiger partial charge in [-0.1, -0.05) is 11.2 Å². The first-order chi connectivity index (χ1) is 10.0. The van der Waals surface area contributed by atoms with Gasteiger partial charge in [0.1, 0.15) is 17.3 Å². The number of nitrogens with one attached hydrogen (secondary N) is 1. The van der Waals surface area contributed by atoms with E-state index >= 15 is 0 Å². The topological polar surface area (TPSA) is 101 Å². The van der Waals surface area contributed by atoms with E-state index in [1.54, 1.807) is 0 Å². The van der Waals surface area contributed by atoms with Crippen molar-refractivity contribution in [1.82, 2.24) is 4.98 Å². The zero-order chi connectivity index (χ0) is 15.4. The third kappa shape index (κ3) is 3.11. The van der Waals surface area contributed by atoms with Crippen LogP contribution in [-0.4, -0.2) is 21.9 Å². The van der Waals surface area contributed by atoms with E-state index in [0.29, 0.717) is 0 Å². The number of anilines is 1. The zero-order valence-electron chi connectivity index (χ0n) is 10.5. The van der Waals surface area contributed by atoms with Crippen LogP contribution in [0.15, 0.2) is 41.7 Å². The van der Waals surface area contributed by atoms with Crippen molar-refractivity contribution in [3.05, 3.63) is 59.4 Å². The molecule has 0 radical (unpaired) electrons. The van der Waals surface area contributed by atoms with Crippen molar-refractivity contribution in [2.75, 3.05) is 5.32 Å². The Morgan fingerprint density at radius 1 is 1.29 bits per heavy atom. The molecule has 21 heavy (non-hydrogen) atoms. The minimum Gasteiger partial charge on any atom is -0.409 e. The molecule has 0 aliphatic rings. The van der Waals surface area contributed by atoms with E-state index in [9.17, 15) is 13.6 Å². The number of carbonyl (C=O) groups excluding carboxylic acids is 1. The number of hydrogen-bond acceptors (Lipinski definition) is 4. The molecule has 0 bridgehead atoms. The molecule has 1 aromatic carbocycles.